The molecule has 0 bridgehead atoms. The summed E-state index contributed by atoms with van der Waals surface area (Å²) in [6, 6.07) is 4.30. The molecular formula is C17H18N4O6. The molecule has 0 unspecified atom stereocenters. The number of aromatic nitrogens is 4. The van der Waals surface area contributed by atoms with Gasteiger partial charge in [0.15, 0.2) is 22.7 Å². The van der Waals surface area contributed by atoms with E-state index in [4.69, 9.17) is 14.6 Å². The van der Waals surface area contributed by atoms with Crippen LogP contribution in [0, 0.1) is 0 Å². The average Bonchev–Trinajstić information content (AvgIpc) is 3.08. The molecule has 0 atom stereocenters. The Labute approximate surface area is 152 Å². The molecule has 0 aliphatic rings. The van der Waals surface area contributed by atoms with Crippen molar-refractivity contribution in [1.82, 2.24) is 18.7 Å². The van der Waals surface area contributed by atoms with Crippen molar-refractivity contribution in [3.05, 3.63) is 50.9 Å². The predicted octanol–water partition coefficient (Wildman–Crippen LogP) is 0.220. The van der Waals surface area contributed by atoms with Crippen molar-refractivity contribution >= 4 is 17.1 Å². The summed E-state index contributed by atoms with van der Waals surface area (Å²) in [7, 11) is 4.38. The van der Waals surface area contributed by atoms with Crippen LogP contribution in [0.15, 0.2) is 34.1 Å². The second-order valence-electron chi connectivity index (χ2n) is 5.84. The van der Waals surface area contributed by atoms with Gasteiger partial charge in [-0.05, 0) is 18.2 Å². The number of rotatable bonds is 6. The van der Waals surface area contributed by atoms with Crippen LogP contribution in [0.1, 0.15) is 10.4 Å². The highest BCUT2D eigenvalue weighted by atomic mass is 16.5. The fraction of sp³-hybridized carbons (Fsp3) is 0.294. The lowest BCUT2D eigenvalue weighted by Crippen LogP contribution is -2.37. The van der Waals surface area contributed by atoms with E-state index >= 15 is 0 Å². The quantitative estimate of drug-likeness (QED) is 0.656. The van der Waals surface area contributed by atoms with Crippen molar-refractivity contribution in [3.63, 3.8) is 0 Å². The average molecular weight is 374 g/mol. The first-order valence-corrected chi connectivity index (χ1v) is 8.00. The van der Waals surface area contributed by atoms with Gasteiger partial charge in [-0.2, -0.15) is 0 Å². The molecule has 0 aliphatic heterocycles. The number of hydrogen-bond acceptors (Lipinski definition) is 6. The van der Waals surface area contributed by atoms with Gasteiger partial charge in [-0.15, -0.1) is 0 Å². The van der Waals surface area contributed by atoms with Crippen LogP contribution in [-0.2, 0) is 20.6 Å². The zero-order valence-electron chi connectivity index (χ0n) is 15.0. The highest BCUT2D eigenvalue weighted by molar-refractivity contribution is 5.88. The van der Waals surface area contributed by atoms with E-state index in [1.54, 1.807) is 11.6 Å². The van der Waals surface area contributed by atoms with Crippen LogP contribution in [0.2, 0.25) is 0 Å². The summed E-state index contributed by atoms with van der Waals surface area (Å²) in [6.07, 6.45) is 1.47. The molecule has 0 saturated carbocycles. The van der Waals surface area contributed by atoms with Gasteiger partial charge in [0.25, 0.3) is 5.56 Å². The zero-order chi connectivity index (χ0) is 19.7. The maximum absolute atomic E-state index is 12.4. The van der Waals surface area contributed by atoms with E-state index < -0.39 is 17.2 Å². The summed E-state index contributed by atoms with van der Waals surface area (Å²) in [4.78, 5) is 39.5. The zero-order valence-corrected chi connectivity index (χ0v) is 15.0. The molecule has 2 aromatic heterocycles. The van der Waals surface area contributed by atoms with Crippen molar-refractivity contribution in [2.24, 2.45) is 14.1 Å². The summed E-state index contributed by atoms with van der Waals surface area (Å²) in [5, 5.41) is 9.03. The molecule has 1 aromatic carbocycles. The van der Waals surface area contributed by atoms with Gasteiger partial charge in [0.1, 0.15) is 6.61 Å². The van der Waals surface area contributed by atoms with E-state index in [1.165, 1.54) is 43.3 Å². The van der Waals surface area contributed by atoms with E-state index in [1.807, 2.05) is 0 Å². The topological polar surface area (TPSA) is 118 Å². The van der Waals surface area contributed by atoms with Crippen molar-refractivity contribution < 1.29 is 19.4 Å². The molecule has 3 rings (SSSR count). The minimum Gasteiger partial charge on any atom is -0.493 e. The molecular weight excluding hydrogens is 356 g/mol. The molecule has 10 heteroatoms. The number of ether oxygens (including phenoxy) is 2. The molecule has 2 heterocycles. The first kappa shape index (κ1) is 18.2. The van der Waals surface area contributed by atoms with Gasteiger partial charge in [0.2, 0.25) is 0 Å². The maximum Gasteiger partial charge on any atom is 0.335 e. The van der Waals surface area contributed by atoms with E-state index in [0.29, 0.717) is 29.2 Å². The van der Waals surface area contributed by atoms with E-state index in [0.717, 1.165) is 4.57 Å². The number of carbonyl (C=O) groups is 1. The second-order valence-corrected chi connectivity index (χ2v) is 5.84. The van der Waals surface area contributed by atoms with Crippen molar-refractivity contribution in [1.29, 1.82) is 0 Å². The molecule has 0 saturated heterocycles. The van der Waals surface area contributed by atoms with Crippen LogP contribution in [-0.4, -0.2) is 43.5 Å². The van der Waals surface area contributed by atoms with Gasteiger partial charge in [-0.25, -0.2) is 14.6 Å². The molecule has 0 fully saturated rings. The Balaban J connectivity index is 1.84. The van der Waals surface area contributed by atoms with Crippen LogP contribution < -0.4 is 20.7 Å². The summed E-state index contributed by atoms with van der Waals surface area (Å²) in [6.45, 7) is 0.480. The van der Waals surface area contributed by atoms with Crippen LogP contribution in [0.25, 0.3) is 11.2 Å². The molecule has 3 aromatic rings. The predicted molar refractivity (Wildman–Crippen MR) is 95.7 cm³/mol. The summed E-state index contributed by atoms with van der Waals surface area (Å²) >= 11 is 0. The molecule has 27 heavy (non-hydrogen) atoms. The fourth-order valence-electron chi connectivity index (χ4n) is 2.74. The number of carboxylic acids is 1. The first-order chi connectivity index (χ1) is 12.8. The van der Waals surface area contributed by atoms with Gasteiger partial charge < -0.3 is 19.1 Å². The number of imidazole rings is 1. The molecule has 142 valence electrons. The van der Waals surface area contributed by atoms with Crippen LogP contribution >= 0.6 is 0 Å². The van der Waals surface area contributed by atoms with Crippen molar-refractivity contribution in [2.75, 3.05) is 13.7 Å². The van der Waals surface area contributed by atoms with Gasteiger partial charge in [-0.3, -0.25) is 13.9 Å². The Morgan fingerprint density at radius 2 is 1.93 bits per heavy atom. The molecule has 0 amide bonds. The Morgan fingerprint density at radius 1 is 1.19 bits per heavy atom. The number of aryl methyl sites for hydroxylation is 1. The van der Waals surface area contributed by atoms with Crippen molar-refractivity contribution in [3.8, 4) is 11.5 Å². The number of benzene rings is 1. The Bertz CT molecular complexity index is 1140. The van der Waals surface area contributed by atoms with Crippen LogP contribution in [0.5, 0.6) is 11.5 Å². The fourth-order valence-corrected chi connectivity index (χ4v) is 2.74. The summed E-state index contributed by atoms with van der Waals surface area (Å²) in [5.41, 5.74) is -0.196. The van der Waals surface area contributed by atoms with Gasteiger partial charge in [0.05, 0.1) is 25.5 Å². The third-order valence-corrected chi connectivity index (χ3v) is 4.22. The highest BCUT2D eigenvalue weighted by Gasteiger charge is 2.15. The number of fused-ring (bicyclic) bond motifs is 1. The van der Waals surface area contributed by atoms with Crippen LogP contribution in [0.3, 0.4) is 0 Å². The number of methoxy groups -OCH3 is 1. The lowest BCUT2D eigenvalue weighted by Gasteiger charge is -2.12. The third kappa shape index (κ3) is 3.16. The molecule has 0 aliphatic carbocycles. The van der Waals surface area contributed by atoms with Gasteiger partial charge in [0, 0.05) is 14.1 Å². The molecule has 0 radical (unpaired) electrons. The minimum atomic E-state index is -1.06. The number of aromatic carboxylic acids is 1. The second kappa shape index (κ2) is 6.98. The lowest BCUT2D eigenvalue weighted by atomic mass is 10.2. The minimum absolute atomic E-state index is 0.0872. The SMILES string of the molecule is COc1cc(C(=O)O)ccc1OCCn1cnc2c1c(=O)n(C)c(=O)n2C. The number of nitrogens with zero attached hydrogens (tertiary/aromatic N) is 4. The monoisotopic (exact) mass is 374 g/mol. The largest absolute Gasteiger partial charge is 0.493 e. The Morgan fingerprint density at radius 3 is 2.59 bits per heavy atom. The van der Waals surface area contributed by atoms with Crippen LogP contribution in [0.4, 0.5) is 0 Å². The van der Waals surface area contributed by atoms with Gasteiger partial charge in [-0.1, -0.05) is 0 Å². The van der Waals surface area contributed by atoms with Crippen molar-refractivity contribution in [2.45, 2.75) is 6.54 Å². The highest BCUT2D eigenvalue weighted by Crippen LogP contribution is 2.28. The Kier molecular flexibility index (Phi) is 4.72. The third-order valence-electron chi connectivity index (χ3n) is 4.22. The normalized spacial score (nSPS) is 10.9. The van der Waals surface area contributed by atoms with E-state index in [-0.39, 0.29) is 12.2 Å². The number of carboxylic acid groups (broad SMARTS) is 1. The maximum atomic E-state index is 12.4. The number of hydrogen-bond donors (Lipinski definition) is 1. The smallest absolute Gasteiger partial charge is 0.335 e. The summed E-state index contributed by atoms with van der Waals surface area (Å²) < 4.78 is 14.8. The molecule has 0 spiro atoms. The Hall–Kier alpha value is -3.56. The van der Waals surface area contributed by atoms with E-state index in [2.05, 4.69) is 4.98 Å². The van der Waals surface area contributed by atoms with E-state index in [9.17, 15) is 14.4 Å². The molecule has 1 N–H and O–H groups in total. The molecule has 10 nitrogen and oxygen atoms in total. The first-order valence-electron chi connectivity index (χ1n) is 8.00. The lowest BCUT2D eigenvalue weighted by molar-refractivity contribution is 0.0696. The standard InChI is InChI=1S/C17H18N4O6/c1-19-14-13(15(22)20(2)17(19)25)21(9-18-14)6-7-27-11-5-4-10(16(23)24)8-12(11)26-3/h4-5,8-9H,6-7H2,1-3H3,(H,23,24). The summed E-state index contributed by atoms with van der Waals surface area (Å²) in [5.74, 6) is -0.387. The van der Waals surface area contributed by atoms with Gasteiger partial charge >= 0.3 is 11.7 Å².